The van der Waals surface area contributed by atoms with Gasteiger partial charge in [0, 0.05) is 13.1 Å². The van der Waals surface area contributed by atoms with E-state index in [4.69, 9.17) is 4.74 Å². The van der Waals surface area contributed by atoms with E-state index in [9.17, 15) is 19.2 Å². The topological polar surface area (TPSA) is 98.6 Å². The maximum atomic E-state index is 12.8. The lowest BCUT2D eigenvalue weighted by molar-refractivity contribution is 0.0603. The molecule has 3 aromatic rings. The standard InChI is InChI=1S/C20H17N3O5S/c1-11-14-16(29-15(11)20(27)28-2)21-10-22(19(14)26)8-5-9-23-17(24)12-6-3-4-7-13(12)18(23)25/h3-4,6-7,10H,5,8-9H2,1-2H3. The fourth-order valence-corrected chi connectivity index (χ4v) is 4.50. The number of methoxy groups -OCH3 is 1. The number of hydrogen-bond donors (Lipinski definition) is 0. The Bertz CT molecular complexity index is 1190. The molecule has 0 aliphatic carbocycles. The van der Waals surface area contributed by atoms with Crippen molar-refractivity contribution in [2.75, 3.05) is 13.7 Å². The number of thiophene rings is 1. The first-order valence-corrected chi connectivity index (χ1v) is 9.77. The molecule has 8 nitrogen and oxygen atoms in total. The highest BCUT2D eigenvalue weighted by molar-refractivity contribution is 7.20. The Labute approximate surface area is 169 Å². The minimum absolute atomic E-state index is 0.201. The number of aromatic nitrogens is 2. The number of imide groups is 1. The summed E-state index contributed by atoms with van der Waals surface area (Å²) in [5.74, 6) is -1.13. The van der Waals surface area contributed by atoms with Gasteiger partial charge in [-0.2, -0.15) is 0 Å². The third-order valence-corrected chi connectivity index (χ3v) is 6.13. The highest BCUT2D eigenvalue weighted by Crippen LogP contribution is 2.27. The van der Waals surface area contributed by atoms with E-state index in [1.807, 2.05) is 0 Å². The molecule has 4 rings (SSSR count). The Hall–Kier alpha value is -3.33. The second-order valence-corrected chi connectivity index (χ2v) is 7.63. The molecule has 0 atom stereocenters. The normalized spacial score (nSPS) is 13.2. The molecule has 9 heteroatoms. The first-order chi connectivity index (χ1) is 13.9. The van der Waals surface area contributed by atoms with Crippen molar-refractivity contribution in [2.24, 2.45) is 0 Å². The first kappa shape index (κ1) is 19.0. The molecule has 0 spiro atoms. The quantitative estimate of drug-likeness (QED) is 0.472. The summed E-state index contributed by atoms with van der Waals surface area (Å²) in [7, 11) is 1.29. The molecule has 0 N–H and O–H groups in total. The number of aryl methyl sites for hydroxylation is 2. The fourth-order valence-electron chi connectivity index (χ4n) is 3.45. The van der Waals surface area contributed by atoms with Crippen molar-refractivity contribution in [2.45, 2.75) is 19.9 Å². The van der Waals surface area contributed by atoms with Crippen LogP contribution in [0.5, 0.6) is 0 Å². The molecule has 0 radical (unpaired) electrons. The molecule has 1 aromatic carbocycles. The lowest BCUT2D eigenvalue weighted by Gasteiger charge is -2.14. The summed E-state index contributed by atoms with van der Waals surface area (Å²) in [6.07, 6.45) is 1.83. The van der Waals surface area contributed by atoms with E-state index < -0.39 is 5.97 Å². The van der Waals surface area contributed by atoms with Crippen LogP contribution in [0.3, 0.4) is 0 Å². The van der Waals surface area contributed by atoms with Gasteiger partial charge >= 0.3 is 5.97 Å². The van der Waals surface area contributed by atoms with Crippen LogP contribution in [0, 0.1) is 6.92 Å². The average molecular weight is 411 g/mol. The molecule has 0 bridgehead atoms. The number of benzene rings is 1. The van der Waals surface area contributed by atoms with Crippen molar-refractivity contribution in [1.82, 2.24) is 14.5 Å². The molecule has 148 valence electrons. The monoisotopic (exact) mass is 411 g/mol. The molecule has 0 saturated heterocycles. The molecule has 2 amide bonds. The number of amides is 2. The largest absolute Gasteiger partial charge is 0.465 e. The van der Waals surface area contributed by atoms with Gasteiger partial charge in [-0.3, -0.25) is 23.9 Å². The van der Waals surface area contributed by atoms with E-state index in [1.54, 1.807) is 31.2 Å². The van der Waals surface area contributed by atoms with Crippen LogP contribution >= 0.6 is 11.3 Å². The van der Waals surface area contributed by atoms with E-state index in [0.29, 0.717) is 38.2 Å². The van der Waals surface area contributed by atoms with Crippen molar-refractivity contribution in [3.8, 4) is 0 Å². The summed E-state index contributed by atoms with van der Waals surface area (Å²) in [4.78, 5) is 55.8. The minimum atomic E-state index is -0.498. The summed E-state index contributed by atoms with van der Waals surface area (Å²) < 4.78 is 6.18. The number of nitrogens with zero attached hydrogens (tertiary/aromatic N) is 3. The highest BCUT2D eigenvalue weighted by Gasteiger charge is 2.34. The van der Waals surface area contributed by atoms with E-state index in [0.717, 1.165) is 11.3 Å². The summed E-state index contributed by atoms with van der Waals surface area (Å²) in [6, 6.07) is 6.71. The van der Waals surface area contributed by atoms with Crippen LogP contribution in [0.2, 0.25) is 0 Å². The van der Waals surface area contributed by atoms with Crippen molar-refractivity contribution < 1.29 is 19.1 Å². The molecule has 2 aromatic heterocycles. The predicted octanol–water partition coefficient (Wildman–Crippen LogP) is 2.24. The number of carbonyl (C=O) groups is 3. The lowest BCUT2D eigenvalue weighted by Crippen LogP contribution is -2.32. The molecule has 0 saturated carbocycles. The van der Waals surface area contributed by atoms with Crippen molar-refractivity contribution >= 4 is 39.3 Å². The zero-order valence-electron chi connectivity index (χ0n) is 15.8. The van der Waals surface area contributed by atoms with Gasteiger partial charge in [0.05, 0.1) is 30.0 Å². The van der Waals surface area contributed by atoms with E-state index >= 15 is 0 Å². The van der Waals surface area contributed by atoms with Gasteiger partial charge in [-0.05, 0) is 31.0 Å². The van der Waals surface area contributed by atoms with Gasteiger partial charge in [0.1, 0.15) is 9.71 Å². The molecular weight excluding hydrogens is 394 g/mol. The number of carbonyl (C=O) groups excluding carboxylic acids is 3. The van der Waals surface area contributed by atoms with Crippen LogP contribution in [0.1, 0.15) is 42.4 Å². The number of rotatable bonds is 5. The molecule has 29 heavy (non-hydrogen) atoms. The highest BCUT2D eigenvalue weighted by atomic mass is 32.1. The van der Waals surface area contributed by atoms with Crippen LogP contribution in [-0.2, 0) is 11.3 Å². The summed E-state index contributed by atoms with van der Waals surface area (Å²) in [5, 5.41) is 0.388. The Kier molecular flexibility index (Phi) is 4.75. The van der Waals surface area contributed by atoms with E-state index in [1.165, 1.54) is 22.9 Å². The number of hydrogen-bond acceptors (Lipinski definition) is 7. The van der Waals surface area contributed by atoms with Crippen LogP contribution in [-0.4, -0.2) is 45.9 Å². The number of esters is 1. The van der Waals surface area contributed by atoms with Crippen LogP contribution in [0.4, 0.5) is 0 Å². The Morgan fingerprint density at radius 1 is 1.10 bits per heavy atom. The first-order valence-electron chi connectivity index (χ1n) is 8.96. The van der Waals surface area contributed by atoms with E-state index in [2.05, 4.69) is 4.98 Å². The fraction of sp³-hybridized carbons (Fsp3) is 0.250. The molecule has 1 aliphatic heterocycles. The number of ether oxygens (including phenoxy) is 1. The SMILES string of the molecule is COC(=O)c1sc2ncn(CCCN3C(=O)c4ccccc4C3=O)c(=O)c2c1C. The Morgan fingerprint density at radius 2 is 1.76 bits per heavy atom. The zero-order chi connectivity index (χ0) is 20.7. The maximum Gasteiger partial charge on any atom is 0.348 e. The van der Waals surface area contributed by atoms with Crippen LogP contribution < -0.4 is 5.56 Å². The number of fused-ring (bicyclic) bond motifs is 2. The molecule has 1 aliphatic rings. The minimum Gasteiger partial charge on any atom is -0.465 e. The summed E-state index contributed by atoms with van der Waals surface area (Å²) in [6.45, 7) is 2.18. The predicted molar refractivity (Wildman–Crippen MR) is 106 cm³/mol. The van der Waals surface area contributed by atoms with Crippen LogP contribution in [0.15, 0.2) is 35.4 Å². The molecule has 3 heterocycles. The second-order valence-electron chi connectivity index (χ2n) is 6.63. The van der Waals surface area contributed by atoms with Gasteiger partial charge in [0.15, 0.2) is 0 Å². The lowest BCUT2D eigenvalue weighted by atomic mass is 10.1. The Morgan fingerprint density at radius 3 is 2.38 bits per heavy atom. The van der Waals surface area contributed by atoms with Crippen molar-refractivity contribution in [3.63, 3.8) is 0 Å². The summed E-state index contributed by atoms with van der Waals surface area (Å²) in [5.41, 5.74) is 1.09. The molecule has 0 fully saturated rings. The third kappa shape index (κ3) is 3.03. The van der Waals surface area contributed by atoms with Gasteiger partial charge in [-0.15, -0.1) is 11.3 Å². The van der Waals surface area contributed by atoms with Gasteiger partial charge in [-0.25, -0.2) is 9.78 Å². The Balaban J connectivity index is 1.52. The maximum absolute atomic E-state index is 12.8. The van der Waals surface area contributed by atoms with Gasteiger partial charge in [0.2, 0.25) is 0 Å². The molecular formula is C20H17N3O5S. The van der Waals surface area contributed by atoms with Gasteiger partial charge in [0.25, 0.3) is 17.4 Å². The average Bonchev–Trinajstić information content (AvgIpc) is 3.19. The zero-order valence-corrected chi connectivity index (χ0v) is 16.6. The van der Waals surface area contributed by atoms with Gasteiger partial charge < -0.3 is 4.74 Å². The second kappa shape index (κ2) is 7.25. The van der Waals surface area contributed by atoms with Crippen molar-refractivity contribution in [3.05, 3.63) is 62.5 Å². The van der Waals surface area contributed by atoms with Crippen LogP contribution in [0.25, 0.3) is 10.2 Å². The third-order valence-electron chi connectivity index (χ3n) is 4.95. The summed E-state index contributed by atoms with van der Waals surface area (Å²) >= 11 is 1.12. The van der Waals surface area contributed by atoms with Gasteiger partial charge in [-0.1, -0.05) is 12.1 Å². The van der Waals surface area contributed by atoms with Crippen molar-refractivity contribution in [1.29, 1.82) is 0 Å². The van der Waals surface area contributed by atoms with E-state index in [-0.39, 0.29) is 30.5 Å². The molecule has 0 unspecified atom stereocenters. The smallest absolute Gasteiger partial charge is 0.348 e.